The molecule has 10 aromatic rings. The van der Waals surface area contributed by atoms with Crippen molar-refractivity contribution < 1.29 is 0 Å². The van der Waals surface area contributed by atoms with Crippen LogP contribution in [0.2, 0.25) is 0 Å². The molecule has 0 unspecified atom stereocenters. The maximum absolute atomic E-state index is 5.12. The largest absolute Gasteiger partial charge is 0.228 e. The monoisotopic (exact) mass is 692 g/mol. The zero-order valence-corrected chi connectivity index (χ0v) is 29.6. The predicted molar refractivity (Wildman–Crippen MR) is 225 cm³/mol. The van der Waals surface area contributed by atoms with Crippen molar-refractivity contribution in [3.05, 3.63) is 194 Å². The molecule has 0 atom stereocenters. The van der Waals surface area contributed by atoms with Crippen molar-refractivity contribution in [2.24, 2.45) is 0 Å². The molecular weight excluding hydrogens is 661 g/mol. The highest BCUT2D eigenvalue weighted by Crippen LogP contribution is 2.41. The van der Waals surface area contributed by atoms with Crippen LogP contribution in [0.1, 0.15) is 0 Å². The second-order valence-corrected chi connectivity index (χ2v) is 14.5. The van der Waals surface area contributed by atoms with Crippen molar-refractivity contribution in [3.63, 3.8) is 0 Å². The van der Waals surface area contributed by atoms with Gasteiger partial charge in [0.25, 0.3) is 0 Å². The summed E-state index contributed by atoms with van der Waals surface area (Å²) in [6.07, 6.45) is 0. The molecule has 0 bridgehead atoms. The van der Waals surface area contributed by atoms with Gasteiger partial charge in [0.2, 0.25) is 0 Å². The van der Waals surface area contributed by atoms with Crippen molar-refractivity contribution in [1.29, 1.82) is 0 Å². The van der Waals surface area contributed by atoms with Crippen LogP contribution in [0.5, 0.6) is 0 Å². The molecule has 0 saturated carbocycles. The van der Waals surface area contributed by atoms with Crippen LogP contribution in [0, 0.1) is 0 Å². The normalized spacial score (nSPS) is 11.4. The SMILES string of the molecule is c1ccc(-c2ccc(-c3cc(-c4cccc(-c5cccc(-c6ccc7sc8ccc9ccccc9c8c7c6)c5)c4)nc(-c4ccccc4)n3)cc2)cc1. The van der Waals surface area contributed by atoms with Gasteiger partial charge < -0.3 is 0 Å². The lowest BCUT2D eigenvalue weighted by atomic mass is 9.96. The van der Waals surface area contributed by atoms with Gasteiger partial charge in [-0.05, 0) is 80.6 Å². The molecule has 0 amide bonds. The highest BCUT2D eigenvalue weighted by molar-refractivity contribution is 7.26. The molecule has 8 aromatic carbocycles. The number of rotatable bonds is 6. The molecule has 248 valence electrons. The molecule has 53 heavy (non-hydrogen) atoms. The van der Waals surface area contributed by atoms with E-state index in [-0.39, 0.29) is 0 Å². The van der Waals surface area contributed by atoms with Gasteiger partial charge >= 0.3 is 0 Å². The number of nitrogens with zero attached hydrogens (tertiary/aromatic N) is 2. The second-order valence-electron chi connectivity index (χ2n) is 13.4. The Morgan fingerprint density at radius 3 is 1.55 bits per heavy atom. The maximum Gasteiger partial charge on any atom is 0.160 e. The van der Waals surface area contributed by atoms with E-state index in [0.717, 1.165) is 33.6 Å². The molecule has 0 spiro atoms. The number of aromatic nitrogens is 2. The lowest BCUT2D eigenvalue weighted by Crippen LogP contribution is -1.96. The Kier molecular flexibility index (Phi) is 7.71. The molecule has 0 radical (unpaired) electrons. The third-order valence-electron chi connectivity index (χ3n) is 10.1. The van der Waals surface area contributed by atoms with Crippen molar-refractivity contribution in [1.82, 2.24) is 9.97 Å². The Bertz CT molecular complexity index is 2930. The van der Waals surface area contributed by atoms with Crippen LogP contribution < -0.4 is 0 Å². The summed E-state index contributed by atoms with van der Waals surface area (Å²) in [4.78, 5) is 10.2. The third-order valence-corrected chi connectivity index (χ3v) is 11.2. The van der Waals surface area contributed by atoms with E-state index in [9.17, 15) is 0 Å². The summed E-state index contributed by atoms with van der Waals surface area (Å²) >= 11 is 1.87. The van der Waals surface area contributed by atoms with Gasteiger partial charge in [-0.1, -0.05) is 158 Å². The number of hydrogen-bond acceptors (Lipinski definition) is 3. The first kappa shape index (κ1) is 31.1. The van der Waals surface area contributed by atoms with Crippen LogP contribution in [0.15, 0.2) is 194 Å². The van der Waals surface area contributed by atoms with E-state index >= 15 is 0 Å². The number of benzene rings is 8. The standard InChI is InChI=1S/C50H32N2S/c1-3-11-33(12-4-1)34-21-23-36(24-22-34)45-32-46(52-50(51-45)37-14-5-2-6-15-37)42-19-10-18-40(30-42)38-16-9-17-39(29-38)41-26-27-47-44(31-41)49-43-20-8-7-13-35(43)25-28-48(49)53-47/h1-32H. The topological polar surface area (TPSA) is 25.8 Å². The van der Waals surface area contributed by atoms with E-state index in [1.807, 2.05) is 35.6 Å². The summed E-state index contributed by atoms with van der Waals surface area (Å²) in [5, 5.41) is 5.25. The Morgan fingerprint density at radius 2 is 0.811 bits per heavy atom. The first-order valence-electron chi connectivity index (χ1n) is 17.9. The third kappa shape index (κ3) is 5.87. The van der Waals surface area contributed by atoms with Crippen LogP contribution in [0.25, 0.3) is 98.2 Å². The Labute approximate surface area is 312 Å². The predicted octanol–water partition coefficient (Wildman–Crippen LogP) is 14.0. The van der Waals surface area contributed by atoms with Crippen molar-refractivity contribution in [2.75, 3.05) is 0 Å². The minimum atomic E-state index is 0.710. The van der Waals surface area contributed by atoms with Gasteiger partial charge in [-0.3, -0.25) is 0 Å². The van der Waals surface area contributed by atoms with E-state index in [2.05, 4.69) is 170 Å². The van der Waals surface area contributed by atoms with Crippen LogP contribution in [0.3, 0.4) is 0 Å². The second kappa shape index (κ2) is 13.1. The summed E-state index contributed by atoms with van der Waals surface area (Å²) in [5.41, 5.74) is 12.0. The minimum Gasteiger partial charge on any atom is -0.228 e. The van der Waals surface area contributed by atoms with Gasteiger partial charge in [0.05, 0.1) is 11.4 Å². The van der Waals surface area contributed by atoms with Crippen molar-refractivity contribution >= 4 is 42.3 Å². The molecule has 2 nitrogen and oxygen atoms in total. The quantitative estimate of drug-likeness (QED) is 0.173. The van der Waals surface area contributed by atoms with Crippen LogP contribution in [-0.2, 0) is 0 Å². The van der Waals surface area contributed by atoms with Crippen LogP contribution >= 0.6 is 11.3 Å². The van der Waals surface area contributed by atoms with Crippen molar-refractivity contribution in [2.45, 2.75) is 0 Å². The molecule has 0 fully saturated rings. The summed E-state index contributed by atoms with van der Waals surface area (Å²) in [6, 6.07) is 69.2. The number of fused-ring (bicyclic) bond motifs is 5. The van der Waals surface area contributed by atoms with E-state index in [4.69, 9.17) is 9.97 Å². The fourth-order valence-electron chi connectivity index (χ4n) is 7.39. The molecule has 3 heteroatoms. The molecule has 0 N–H and O–H groups in total. The summed E-state index contributed by atoms with van der Waals surface area (Å²) in [6.45, 7) is 0. The summed E-state index contributed by atoms with van der Waals surface area (Å²) < 4.78 is 2.64. The minimum absolute atomic E-state index is 0.710. The van der Waals surface area contributed by atoms with Gasteiger partial charge in [0.15, 0.2) is 5.82 Å². The van der Waals surface area contributed by atoms with Crippen LogP contribution in [-0.4, -0.2) is 9.97 Å². The summed E-state index contributed by atoms with van der Waals surface area (Å²) in [7, 11) is 0. The number of hydrogen-bond donors (Lipinski definition) is 0. The molecule has 0 aliphatic heterocycles. The smallest absolute Gasteiger partial charge is 0.160 e. The van der Waals surface area contributed by atoms with Crippen molar-refractivity contribution in [3.8, 4) is 67.3 Å². The van der Waals surface area contributed by atoms with Gasteiger partial charge in [0.1, 0.15) is 0 Å². The van der Waals surface area contributed by atoms with Gasteiger partial charge in [-0.15, -0.1) is 11.3 Å². The van der Waals surface area contributed by atoms with E-state index in [0.29, 0.717) is 5.82 Å². The first-order chi connectivity index (χ1) is 26.2. The Balaban J connectivity index is 1.03. The fraction of sp³-hybridized carbons (Fsp3) is 0. The highest BCUT2D eigenvalue weighted by Gasteiger charge is 2.14. The van der Waals surface area contributed by atoms with Gasteiger partial charge in [0, 0.05) is 36.9 Å². The highest BCUT2D eigenvalue weighted by atomic mass is 32.1. The Hall–Kier alpha value is -6.68. The average molecular weight is 693 g/mol. The molecule has 2 aromatic heterocycles. The van der Waals surface area contributed by atoms with E-state index in [1.54, 1.807) is 0 Å². The molecule has 2 heterocycles. The maximum atomic E-state index is 5.12. The zero-order valence-electron chi connectivity index (χ0n) is 28.8. The zero-order chi connectivity index (χ0) is 35.1. The molecular formula is C50H32N2S. The van der Waals surface area contributed by atoms with E-state index < -0.39 is 0 Å². The Morgan fingerprint density at radius 1 is 0.302 bits per heavy atom. The lowest BCUT2D eigenvalue weighted by Gasteiger charge is -2.12. The van der Waals surface area contributed by atoms with Gasteiger partial charge in [-0.25, -0.2) is 9.97 Å². The lowest BCUT2D eigenvalue weighted by molar-refractivity contribution is 1.18. The molecule has 0 aliphatic carbocycles. The van der Waals surface area contributed by atoms with Crippen LogP contribution in [0.4, 0.5) is 0 Å². The number of thiophene rings is 1. The molecule has 0 aliphatic rings. The van der Waals surface area contributed by atoms with Gasteiger partial charge in [-0.2, -0.15) is 0 Å². The first-order valence-corrected chi connectivity index (χ1v) is 18.7. The van der Waals surface area contributed by atoms with E-state index in [1.165, 1.54) is 58.8 Å². The molecule has 0 saturated heterocycles. The summed E-state index contributed by atoms with van der Waals surface area (Å²) in [5.74, 6) is 0.710. The average Bonchev–Trinajstić information content (AvgIpc) is 3.63. The fourth-order valence-corrected chi connectivity index (χ4v) is 8.49. The molecule has 10 rings (SSSR count).